The molecule has 0 atom stereocenters. The molecule has 0 aromatic heterocycles. The second kappa shape index (κ2) is 7.43. The van der Waals surface area contributed by atoms with Crippen LogP contribution in [0.15, 0.2) is 28.7 Å². The molecule has 0 radical (unpaired) electrons. The largest absolute Gasteiger partial charge is 0.481 e. The third kappa shape index (κ3) is 9.43. The van der Waals surface area contributed by atoms with Gasteiger partial charge in [0.25, 0.3) is 0 Å². The number of rotatable bonds is 2. The van der Waals surface area contributed by atoms with Crippen molar-refractivity contribution in [3.63, 3.8) is 0 Å². The highest BCUT2D eigenvalue weighted by atomic mass is 79.9. The lowest BCUT2D eigenvalue weighted by Gasteiger charge is -1.95. The molecule has 0 heterocycles. The second-order valence-corrected chi connectivity index (χ2v) is 4.12. The summed E-state index contributed by atoms with van der Waals surface area (Å²) < 4.78 is 0.964. The van der Waals surface area contributed by atoms with E-state index in [2.05, 4.69) is 27.5 Å². The van der Waals surface area contributed by atoms with Crippen LogP contribution in [-0.2, 0) is 16.0 Å². The first-order chi connectivity index (χ1) is 6.91. The zero-order chi connectivity index (χ0) is 11.8. The minimum atomic E-state index is -0.799. The number of carbonyl (C=O) groups excluding carboxylic acids is 1. The quantitative estimate of drug-likeness (QED) is 0.853. The average Bonchev–Trinajstić information content (AvgIpc) is 2.07. The molecule has 1 aromatic rings. The highest BCUT2D eigenvalue weighted by molar-refractivity contribution is 9.10. The normalized spacial score (nSPS) is 8.73. The molecule has 0 bridgehead atoms. The van der Waals surface area contributed by atoms with E-state index in [-0.39, 0.29) is 11.7 Å². The van der Waals surface area contributed by atoms with Gasteiger partial charge < -0.3 is 5.11 Å². The summed E-state index contributed by atoms with van der Waals surface area (Å²) in [6, 6.07) is 7.24. The molecule has 3 nitrogen and oxygen atoms in total. The lowest BCUT2D eigenvalue weighted by Crippen LogP contribution is -1.99. The van der Waals surface area contributed by atoms with E-state index >= 15 is 0 Å². The van der Waals surface area contributed by atoms with Gasteiger partial charge >= 0.3 is 5.97 Å². The summed E-state index contributed by atoms with van der Waals surface area (Å²) in [5.41, 5.74) is 0.820. The van der Waals surface area contributed by atoms with Crippen LogP contribution >= 0.6 is 27.5 Å². The highest BCUT2D eigenvalue weighted by Crippen LogP contribution is 2.10. The van der Waals surface area contributed by atoms with Crippen LogP contribution in [-0.4, -0.2) is 16.3 Å². The fraction of sp³-hybridized carbons (Fsp3) is 0.200. The number of aliphatic carboxylic acids is 1. The minimum Gasteiger partial charge on any atom is -0.481 e. The standard InChI is InChI=1S/C8H7BrO2.C2H3ClO/c9-7-3-1-6(2-4-7)5-8(10)11;1-2(3)4/h1-4H,5H2,(H,10,11);1H3. The molecule has 0 unspecified atom stereocenters. The molecule has 82 valence electrons. The first-order valence-corrected chi connectivity index (χ1v) is 5.21. The van der Waals surface area contributed by atoms with Crippen LogP contribution in [0.5, 0.6) is 0 Å². The topological polar surface area (TPSA) is 54.4 Å². The van der Waals surface area contributed by atoms with E-state index in [0.717, 1.165) is 10.0 Å². The zero-order valence-electron chi connectivity index (χ0n) is 8.04. The molecule has 0 amide bonds. The predicted molar refractivity (Wildman–Crippen MR) is 62.0 cm³/mol. The van der Waals surface area contributed by atoms with E-state index in [0.29, 0.717) is 0 Å². The van der Waals surface area contributed by atoms with Crippen molar-refractivity contribution in [2.45, 2.75) is 13.3 Å². The lowest BCUT2D eigenvalue weighted by molar-refractivity contribution is -0.136. The number of carboxylic acid groups (broad SMARTS) is 1. The van der Waals surface area contributed by atoms with Crippen LogP contribution in [0.3, 0.4) is 0 Å². The van der Waals surface area contributed by atoms with Crippen LogP contribution in [0.4, 0.5) is 0 Å². The van der Waals surface area contributed by atoms with Crippen LogP contribution in [0.1, 0.15) is 12.5 Å². The van der Waals surface area contributed by atoms with Crippen molar-refractivity contribution in [2.24, 2.45) is 0 Å². The minimum absolute atomic E-state index is 0.0906. The molecule has 1 aromatic carbocycles. The molecule has 5 heteroatoms. The molecule has 0 spiro atoms. The van der Waals surface area contributed by atoms with E-state index in [1.165, 1.54) is 6.92 Å². The second-order valence-electron chi connectivity index (χ2n) is 2.67. The Morgan fingerprint density at radius 2 is 1.73 bits per heavy atom. The Hall–Kier alpha value is -0.870. The van der Waals surface area contributed by atoms with Crippen molar-refractivity contribution in [1.82, 2.24) is 0 Å². The van der Waals surface area contributed by atoms with Crippen molar-refractivity contribution in [3.05, 3.63) is 34.3 Å². The molecular formula is C10H10BrClO3. The SMILES string of the molecule is CC(=O)Cl.O=C(O)Cc1ccc(Br)cc1. The van der Waals surface area contributed by atoms with E-state index in [9.17, 15) is 9.59 Å². The summed E-state index contributed by atoms with van der Waals surface area (Å²) in [4.78, 5) is 19.5. The third-order valence-corrected chi connectivity index (χ3v) is 1.80. The fourth-order valence-corrected chi connectivity index (χ4v) is 1.04. The van der Waals surface area contributed by atoms with E-state index in [1.807, 2.05) is 12.1 Å². The fourth-order valence-electron chi connectivity index (χ4n) is 0.777. The van der Waals surface area contributed by atoms with E-state index < -0.39 is 5.97 Å². The van der Waals surface area contributed by atoms with Gasteiger partial charge in [-0.3, -0.25) is 9.59 Å². The molecule has 15 heavy (non-hydrogen) atoms. The van der Waals surface area contributed by atoms with Crippen molar-refractivity contribution in [2.75, 3.05) is 0 Å². The van der Waals surface area contributed by atoms with Gasteiger partial charge in [-0.2, -0.15) is 0 Å². The molecular weight excluding hydrogens is 283 g/mol. The molecule has 0 aliphatic rings. The maximum Gasteiger partial charge on any atom is 0.307 e. The van der Waals surface area contributed by atoms with Gasteiger partial charge in [0, 0.05) is 11.4 Å². The maximum atomic E-state index is 10.2. The number of hydrogen-bond acceptors (Lipinski definition) is 2. The Bertz CT molecular complexity index is 331. The molecule has 1 N–H and O–H groups in total. The molecule has 0 aliphatic heterocycles. The first kappa shape index (κ1) is 14.1. The van der Waals surface area contributed by atoms with Gasteiger partial charge in [0.15, 0.2) is 0 Å². The average molecular weight is 294 g/mol. The molecule has 0 aliphatic carbocycles. The number of hydrogen-bond donors (Lipinski definition) is 1. The monoisotopic (exact) mass is 292 g/mol. The molecule has 0 saturated carbocycles. The van der Waals surface area contributed by atoms with Gasteiger partial charge in [-0.05, 0) is 29.3 Å². The van der Waals surface area contributed by atoms with Gasteiger partial charge in [0.05, 0.1) is 6.42 Å². The Morgan fingerprint density at radius 3 is 2.07 bits per heavy atom. The van der Waals surface area contributed by atoms with Crippen LogP contribution in [0, 0.1) is 0 Å². The van der Waals surface area contributed by atoms with Crippen LogP contribution < -0.4 is 0 Å². The summed E-state index contributed by atoms with van der Waals surface area (Å²) in [7, 11) is 0. The van der Waals surface area contributed by atoms with Crippen LogP contribution in [0.25, 0.3) is 0 Å². The Balaban J connectivity index is 0.000000423. The summed E-state index contributed by atoms with van der Waals surface area (Å²) in [6.45, 7) is 1.29. The van der Waals surface area contributed by atoms with Crippen LogP contribution in [0.2, 0.25) is 0 Å². The first-order valence-electron chi connectivity index (χ1n) is 4.04. The number of carbonyl (C=O) groups is 2. The zero-order valence-corrected chi connectivity index (χ0v) is 10.4. The molecule has 0 fully saturated rings. The van der Waals surface area contributed by atoms with Gasteiger partial charge in [-0.25, -0.2) is 0 Å². The summed E-state index contributed by atoms with van der Waals surface area (Å²) in [5.74, 6) is -0.799. The summed E-state index contributed by atoms with van der Waals surface area (Å²) >= 11 is 7.90. The van der Waals surface area contributed by atoms with Crippen molar-refractivity contribution >= 4 is 38.7 Å². The van der Waals surface area contributed by atoms with Gasteiger partial charge in [0.1, 0.15) is 0 Å². The molecule has 1 rings (SSSR count). The summed E-state index contributed by atoms with van der Waals surface area (Å²) in [5, 5.41) is 8.06. The summed E-state index contributed by atoms with van der Waals surface area (Å²) in [6.07, 6.45) is 0.0906. The maximum absolute atomic E-state index is 10.2. The predicted octanol–water partition coefficient (Wildman–Crippen LogP) is 2.85. The Kier molecular flexibility index (Phi) is 6.99. The van der Waals surface area contributed by atoms with Gasteiger partial charge in [0.2, 0.25) is 5.24 Å². The number of benzene rings is 1. The smallest absolute Gasteiger partial charge is 0.307 e. The van der Waals surface area contributed by atoms with E-state index in [4.69, 9.17) is 5.11 Å². The van der Waals surface area contributed by atoms with Crippen molar-refractivity contribution < 1.29 is 14.7 Å². The van der Waals surface area contributed by atoms with Crippen molar-refractivity contribution in [3.8, 4) is 0 Å². The lowest BCUT2D eigenvalue weighted by atomic mass is 10.2. The van der Waals surface area contributed by atoms with Gasteiger partial charge in [-0.1, -0.05) is 28.1 Å². The van der Waals surface area contributed by atoms with E-state index in [1.54, 1.807) is 12.1 Å². The molecule has 0 saturated heterocycles. The number of carboxylic acids is 1. The Labute approximate surface area is 101 Å². The Morgan fingerprint density at radius 1 is 1.33 bits per heavy atom. The number of halogens is 2. The highest BCUT2D eigenvalue weighted by Gasteiger charge is 1.98. The third-order valence-electron chi connectivity index (χ3n) is 1.27. The van der Waals surface area contributed by atoms with Gasteiger partial charge in [-0.15, -0.1) is 0 Å². The van der Waals surface area contributed by atoms with Crippen molar-refractivity contribution in [1.29, 1.82) is 0 Å².